The van der Waals surface area contributed by atoms with Gasteiger partial charge in [0.15, 0.2) is 0 Å². The number of ether oxygens (including phenoxy) is 2. The lowest BCUT2D eigenvalue weighted by atomic mass is 10.1. The minimum Gasteiger partial charge on any atom is -0.497 e. The Labute approximate surface area is 233 Å². The van der Waals surface area contributed by atoms with Crippen LogP contribution in [0, 0.1) is 0 Å². The Hall–Kier alpha value is -4.03. The van der Waals surface area contributed by atoms with Crippen molar-refractivity contribution in [1.82, 2.24) is 9.80 Å². The summed E-state index contributed by atoms with van der Waals surface area (Å²) < 4.78 is 10.9. The maximum absolute atomic E-state index is 13.0. The first-order chi connectivity index (χ1) is 18.7. The molecule has 0 radical (unpaired) electrons. The van der Waals surface area contributed by atoms with E-state index in [0.717, 1.165) is 33.3 Å². The van der Waals surface area contributed by atoms with Crippen LogP contribution < -0.4 is 14.8 Å². The molecule has 2 aliphatic rings. The third-order valence-electron chi connectivity index (χ3n) is 5.63. The molecular weight excluding hydrogens is 542 g/mol. The van der Waals surface area contributed by atoms with Gasteiger partial charge in [-0.3, -0.25) is 33.8 Å². The fourth-order valence-corrected chi connectivity index (χ4v) is 5.52. The molecule has 0 spiro atoms. The van der Waals surface area contributed by atoms with Gasteiger partial charge in [0.1, 0.15) is 11.5 Å². The minimum atomic E-state index is -0.517. The lowest BCUT2D eigenvalue weighted by Crippen LogP contribution is -2.39. The van der Waals surface area contributed by atoms with Crippen molar-refractivity contribution in [2.24, 2.45) is 0 Å². The average molecular weight is 568 g/mol. The highest BCUT2D eigenvalue weighted by molar-refractivity contribution is 8.18. The van der Waals surface area contributed by atoms with Gasteiger partial charge in [-0.15, -0.1) is 0 Å². The summed E-state index contributed by atoms with van der Waals surface area (Å²) >= 11 is 1.56. The Morgan fingerprint density at radius 2 is 1.49 bits per heavy atom. The zero-order valence-corrected chi connectivity index (χ0v) is 23.0. The highest BCUT2D eigenvalue weighted by Gasteiger charge is 2.39. The number of methoxy groups -OCH3 is 1. The van der Waals surface area contributed by atoms with Gasteiger partial charge in [-0.25, -0.2) is 0 Å². The number of carbonyl (C=O) groups excluding carboxylic acids is 5. The van der Waals surface area contributed by atoms with Crippen LogP contribution in [0.1, 0.15) is 25.0 Å². The van der Waals surface area contributed by atoms with Crippen LogP contribution in [-0.2, 0) is 14.4 Å². The molecule has 0 aromatic heterocycles. The van der Waals surface area contributed by atoms with Gasteiger partial charge in [0.2, 0.25) is 5.91 Å². The third-order valence-corrected chi connectivity index (χ3v) is 7.44. The van der Waals surface area contributed by atoms with Gasteiger partial charge in [-0.2, -0.15) is 0 Å². The van der Waals surface area contributed by atoms with Crippen LogP contribution in [0.15, 0.2) is 52.3 Å². The predicted octanol–water partition coefficient (Wildman–Crippen LogP) is 4.83. The molecule has 2 heterocycles. The van der Waals surface area contributed by atoms with Gasteiger partial charge in [-0.05, 0) is 78.5 Å². The average Bonchev–Trinajstić information content (AvgIpc) is 3.32. The van der Waals surface area contributed by atoms with Crippen LogP contribution in [-0.4, -0.2) is 64.8 Å². The fourth-order valence-electron chi connectivity index (χ4n) is 3.80. The zero-order chi connectivity index (χ0) is 28.1. The van der Waals surface area contributed by atoms with Crippen molar-refractivity contribution in [3.8, 4) is 11.5 Å². The highest BCUT2D eigenvalue weighted by Crippen LogP contribution is 2.36. The molecule has 4 rings (SSSR count). The molecule has 0 bridgehead atoms. The predicted molar refractivity (Wildman–Crippen MR) is 150 cm³/mol. The minimum absolute atomic E-state index is 0.127. The standard InChI is InChI=1S/C27H25N3O7S2/c1-4-37-21-10-9-20(36-3)14-18(21)15-23-25(33)30(27(35)39-23)12-11-29-24(32)22(38-26(29)34)13-17-5-7-19(8-6-17)28-16(2)31/h5-10,13-15H,4,11-12H2,1-3H3,(H,28,31)/b22-13+,23-15-. The van der Waals surface area contributed by atoms with E-state index in [4.69, 9.17) is 9.47 Å². The maximum atomic E-state index is 13.0. The molecule has 202 valence electrons. The smallest absolute Gasteiger partial charge is 0.293 e. The van der Waals surface area contributed by atoms with E-state index in [1.165, 1.54) is 14.0 Å². The lowest BCUT2D eigenvalue weighted by Gasteiger charge is -2.17. The Morgan fingerprint density at radius 3 is 2.03 bits per heavy atom. The van der Waals surface area contributed by atoms with Crippen LogP contribution in [0.2, 0.25) is 0 Å². The number of nitrogens with one attached hydrogen (secondary N) is 1. The van der Waals surface area contributed by atoms with E-state index in [-0.39, 0.29) is 28.8 Å². The number of hydrogen-bond donors (Lipinski definition) is 1. The first-order valence-electron chi connectivity index (χ1n) is 11.9. The molecule has 2 aromatic rings. The lowest BCUT2D eigenvalue weighted by molar-refractivity contribution is -0.125. The summed E-state index contributed by atoms with van der Waals surface area (Å²) in [6, 6.07) is 12.0. The molecule has 2 fully saturated rings. The van der Waals surface area contributed by atoms with Gasteiger partial charge in [0.25, 0.3) is 22.3 Å². The third kappa shape index (κ3) is 6.52. The Bertz CT molecular complexity index is 1400. The second-order valence-corrected chi connectivity index (χ2v) is 10.3. The van der Waals surface area contributed by atoms with Gasteiger partial charge < -0.3 is 14.8 Å². The zero-order valence-electron chi connectivity index (χ0n) is 21.4. The number of amides is 5. The molecule has 2 aromatic carbocycles. The first-order valence-corrected chi connectivity index (χ1v) is 13.5. The van der Waals surface area contributed by atoms with E-state index in [1.54, 1.807) is 54.6 Å². The van der Waals surface area contributed by atoms with Crippen molar-refractivity contribution in [1.29, 1.82) is 0 Å². The van der Waals surface area contributed by atoms with Crippen molar-refractivity contribution in [2.75, 3.05) is 32.1 Å². The second kappa shape index (κ2) is 12.2. The van der Waals surface area contributed by atoms with Gasteiger partial charge in [-0.1, -0.05) is 12.1 Å². The summed E-state index contributed by atoms with van der Waals surface area (Å²) in [5.74, 6) is -0.108. The topological polar surface area (TPSA) is 122 Å². The molecule has 0 unspecified atom stereocenters. The molecule has 0 saturated carbocycles. The van der Waals surface area contributed by atoms with Crippen molar-refractivity contribution in [3.63, 3.8) is 0 Å². The van der Waals surface area contributed by atoms with Crippen molar-refractivity contribution < 1.29 is 33.4 Å². The van der Waals surface area contributed by atoms with E-state index in [0.29, 0.717) is 34.9 Å². The molecule has 2 aliphatic heterocycles. The molecule has 1 N–H and O–H groups in total. The molecule has 0 atom stereocenters. The number of thioether (sulfide) groups is 2. The molecule has 39 heavy (non-hydrogen) atoms. The van der Waals surface area contributed by atoms with Crippen molar-refractivity contribution >= 4 is 69.6 Å². The van der Waals surface area contributed by atoms with E-state index in [9.17, 15) is 24.0 Å². The van der Waals surface area contributed by atoms with E-state index < -0.39 is 22.3 Å². The second-order valence-electron chi connectivity index (χ2n) is 8.31. The molecule has 2 saturated heterocycles. The molecule has 10 nitrogen and oxygen atoms in total. The number of carbonyl (C=O) groups is 5. The molecular formula is C27H25N3O7S2. The van der Waals surface area contributed by atoms with E-state index in [1.807, 2.05) is 6.92 Å². The SMILES string of the molecule is CCOc1ccc(OC)cc1/C=C1\SC(=O)N(CCN2C(=O)S/C(=C/c3ccc(NC(C)=O)cc3)C2=O)C1=O. The summed E-state index contributed by atoms with van der Waals surface area (Å²) in [6.45, 7) is 3.41. The summed E-state index contributed by atoms with van der Waals surface area (Å²) in [6.07, 6.45) is 3.15. The Kier molecular flexibility index (Phi) is 8.77. The highest BCUT2D eigenvalue weighted by atomic mass is 32.2. The molecule has 5 amide bonds. The molecule has 12 heteroatoms. The van der Waals surface area contributed by atoms with Crippen LogP contribution in [0.3, 0.4) is 0 Å². The number of hydrogen-bond acceptors (Lipinski definition) is 9. The summed E-state index contributed by atoms with van der Waals surface area (Å²) in [5.41, 5.74) is 1.87. The quantitative estimate of drug-likeness (QED) is 0.425. The number of benzene rings is 2. The Balaban J connectivity index is 1.43. The first kappa shape index (κ1) is 28.0. The van der Waals surface area contributed by atoms with Crippen molar-refractivity contribution in [3.05, 3.63) is 63.4 Å². The van der Waals surface area contributed by atoms with Crippen LogP contribution in [0.4, 0.5) is 15.3 Å². The van der Waals surface area contributed by atoms with Crippen LogP contribution >= 0.6 is 23.5 Å². The van der Waals surface area contributed by atoms with Crippen molar-refractivity contribution in [2.45, 2.75) is 13.8 Å². The normalized spacial score (nSPS) is 17.5. The maximum Gasteiger partial charge on any atom is 0.293 e. The summed E-state index contributed by atoms with van der Waals surface area (Å²) in [5, 5.41) is 1.68. The van der Waals surface area contributed by atoms with Gasteiger partial charge in [0.05, 0.1) is 23.5 Å². The number of imide groups is 2. The van der Waals surface area contributed by atoms with Crippen LogP contribution in [0.5, 0.6) is 11.5 Å². The van der Waals surface area contributed by atoms with Gasteiger partial charge >= 0.3 is 0 Å². The monoisotopic (exact) mass is 567 g/mol. The van der Waals surface area contributed by atoms with E-state index in [2.05, 4.69) is 5.32 Å². The number of anilines is 1. The number of nitrogens with zero attached hydrogens (tertiary/aromatic N) is 2. The summed E-state index contributed by atoms with van der Waals surface area (Å²) in [7, 11) is 1.52. The largest absolute Gasteiger partial charge is 0.497 e. The van der Waals surface area contributed by atoms with Crippen LogP contribution in [0.25, 0.3) is 12.2 Å². The van der Waals surface area contributed by atoms with E-state index >= 15 is 0 Å². The van der Waals surface area contributed by atoms with Gasteiger partial charge in [0, 0.05) is 31.3 Å². The fraction of sp³-hybridized carbons (Fsp3) is 0.222. The molecule has 0 aliphatic carbocycles. The number of rotatable bonds is 9. The Morgan fingerprint density at radius 1 is 0.897 bits per heavy atom. The summed E-state index contributed by atoms with van der Waals surface area (Å²) in [4.78, 5) is 64.7.